The van der Waals surface area contributed by atoms with Gasteiger partial charge in [-0.25, -0.2) is 0 Å². The first-order chi connectivity index (χ1) is 15.0. The molecule has 168 valence electrons. The van der Waals surface area contributed by atoms with Crippen molar-refractivity contribution in [2.45, 2.75) is 77.5 Å². The van der Waals surface area contributed by atoms with Gasteiger partial charge in [-0.05, 0) is 51.3 Å². The molecule has 2 aliphatic heterocycles. The molecule has 2 atom stereocenters. The summed E-state index contributed by atoms with van der Waals surface area (Å²) in [4.78, 5) is 31.1. The van der Waals surface area contributed by atoms with Crippen LogP contribution in [0.3, 0.4) is 0 Å². The minimum absolute atomic E-state index is 0.00594. The zero-order chi connectivity index (χ0) is 22.0. The smallest absolute Gasteiger partial charge is 0.278 e. The lowest BCUT2D eigenvalue weighted by Gasteiger charge is -2.37. The summed E-state index contributed by atoms with van der Waals surface area (Å²) >= 11 is 0. The fraction of sp³-hybridized carbons (Fsp3) is 0.600. The molecule has 4 rings (SSSR count). The average Bonchev–Trinajstić information content (AvgIpc) is 2.89. The Morgan fingerprint density at radius 1 is 0.935 bits per heavy atom. The number of hydrogen-bond donors (Lipinski definition) is 0. The van der Waals surface area contributed by atoms with E-state index < -0.39 is 0 Å². The number of morpholine rings is 1. The second-order valence-corrected chi connectivity index (χ2v) is 8.97. The van der Waals surface area contributed by atoms with Crippen molar-refractivity contribution in [2.24, 2.45) is 0 Å². The van der Waals surface area contributed by atoms with Crippen LogP contribution < -0.4 is 4.74 Å². The maximum atomic E-state index is 13.7. The number of amides is 2. The largest absolute Gasteiger partial charge is 0.494 e. The van der Waals surface area contributed by atoms with Crippen molar-refractivity contribution in [1.29, 1.82) is 0 Å². The van der Waals surface area contributed by atoms with E-state index in [-0.39, 0.29) is 30.1 Å². The molecule has 2 unspecified atom stereocenters. The van der Waals surface area contributed by atoms with E-state index in [0.717, 1.165) is 37.0 Å². The van der Waals surface area contributed by atoms with Crippen molar-refractivity contribution in [3.63, 3.8) is 0 Å². The molecule has 6 heteroatoms. The van der Waals surface area contributed by atoms with E-state index >= 15 is 0 Å². The van der Waals surface area contributed by atoms with Gasteiger partial charge in [0.2, 0.25) is 0 Å². The number of imide groups is 1. The molecule has 0 aromatic heterocycles. The topological polar surface area (TPSA) is 59.1 Å². The Bertz CT molecular complexity index is 830. The minimum Gasteiger partial charge on any atom is -0.494 e. The lowest BCUT2D eigenvalue weighted by Crippen LogP contribution is -2.48. The van der Waals surface area contributed by atoms with Crippen LogP contribution in [0.2, 0.25) is 0 Å². The number of carbonyl (C=O) groups is 2. The van der Waals surface area contributed by atoms with Gasteiger partial charge in [-0.1, -0.05) is 37.8 Å². The third kappa shape index (κ3) is 4.49. The van der Waals surface area contributed by atoms with Gasteiger partial charge in [0.25, 0.3) is 11.8 Å². The Morgan fingerprint density at radius 3 is 2.13 bits per heavy atom. The van der Waals surface area contributed by atoms with Crippen LogP contribution in [0.15, 0.2) is 30.0 Å². The molecule has 1 aromatic rings. The average molecular weight is 427 g/mol. The minimum atomic E-state index is -0.150. The number of rotatable bonds is 5. The summed E-state index contributed by atoms with van der Waals surface area (Å²) in [7, 11) is 0. The summed E-state index contributed by atoms with van der Waals surface area (Å²) in [5, 5.41) is 0. The highest BCUT2D eigenvalue weighted by Gasteiger charge is 2.45. The fourth-order valence-corrected chi connectivity index (χ4v) is 5.18. The van der Waals surface area contributed by atoms with Crippen molar-refractivity contribution in [1.82, 2.24) is 9.80 Å². The van der Waals surface area contributed by atoms with E-state index in [9.17, 15) is 9.59 Å². The molecular weight excluding hydrogens is 392 g/mol. The van der Waals surface area contributed by atoms with E-state index in [1.54, 1.807) is 4.90 Å². The standard InChI is InChI=1S/C25H34N2O4/c1-4-30-21-13-11-19(12-14-21)22-23(26-15-17(2)31-18(3)16-26)25(29)27(24(22)28)20-9-7-5-6-8-10-20/h11-14,17-18,20H,4-10,15-16H2,1-3H3. The summed E-state index contributed by atoms with van der Waals surface area (Å²) in [6, 6.07) is 7.54. The molecule has 2 heterocycles. The summed E-state index contributed by atoms with van der Waals surface area (Å²) in [6.45, 7) is 7.78. The van der Waals surface area contributed by atoms with Gasteiger partial charge in [-0.3, -0.25) is 14.5 Å². The Labute approximate surface area is 185 Å². The third-order valence-electron chi connectivity index (χ3n) is 6.47. The Morgan fingerprint density at radius 2 is 1.55 bits per heavy atom. The maximum Gasteiger partial charge on any atom is 0.278 e. The summed E-state index contributed by atoms with van der Waals surface area (Å²) in [5.41, 5.74) is 1.85. The van der Waals surface area contributed by atoms with Crippen molar-refractivity contribution < 1.29 is 19.1 Å². The van der Waals surface area contributed by atoms with Crippen LogP contribution in [0.4, 0.5) is 0 Å². The maximum absolute atomic E-state index is 13.7. The second kappa shape index (κ2) is 9.43. The van der Waals surface area contributed by atoms with Crippen molar-refractivity contribution in [2.75, 3.05) is 19.7 Å². The zero-order valence-corrected chi connectivity index (χ0v) is 18.9. The lowest BCUT2D eigenvalue weighted by atomic mass is 10.0. The molecule has 2 amide bonds. The van der Waals surface area contributed by atoms with Gasteiger partial charge in [0.1, 0.15) is 11.4 Å². The highest BCUT2D eigenvalue weighted by atomic mass is 16.5. The molecule has 1 aromatic carbocycles. The molecule has 2 fully saturated rings. The van der Waals surface area contributed by atoms with Crippen LogP contribution in [0.25, 0.3) is 5.57 Å². The molecule has 1 saturated heterocycles. The normalized spacial score (nSPS) is 25.9. The van der Waals surface area contributed by atoms with E-state index in [2.05, 4.69) is 4.90 Å². The molecule has 1 aliphatic carbocycles. The lowest BCUT2D eigenvalue weighted by molar-refractivity contribution is -0.141. The van der Waals surface area contributed by atoms with Crippen molar-refractivity contribution in [3.8, 4) is 5.75 Å². The fourth-order valence-electron chi connectivity index (χ4n) is 5.18. The third-order valence-corrected chi connectivity index (χ3v) is 6.47. The predicted octanol–water partition coefficient (Wildman–Crippen LogP) is 4.00. The number of benzene rings is 1. The first-order valence-corrected chi connectivity index (χ1v) is 11.8. The first kappa shape index (κ1) is 21.9. The highest BCUT2D eigenvalue weighted by Crippen LogP contribution is 2.37. The molecular formula is C25H34N2O4. The van der Waals surface area contributed by atoms with Gasteiger partial charge in [-0.15, -0.1) is 0 Å². The molecule has 6 nitrogen and oxygen atoms in total. The first-order valence-electron chi connectivity index (χ1n) is 11.8. The predicted molar refractivity (Wildman–Crippen MR) is 119 cm³/mol. The summed E-state index contributed by atoms with van der Waals surface area (Å²) in [5.74, 6) is 0.476. The molecule has 1 saturated carbocycles. The SMILES string of the molecule is CCOc1ccc(C2=C(N3CC(C)OC(C)C3)C(=O)N(C3CCCCCC3)C2=O)cc1. The van der Waals surface area contributed by atoms with Crippen molar-refractivity contribution >= 4 is 17.4 Å². The molecule has 0 N–H and O–H groups in total. The summed E-state index contributed by atoms with van der Waals surface area (Å²) < 4.78 is 11.5. The van der Waals surface area contributed by atoms with Gasteiger partial charge >= 0.3 is 0 Å². The molecule has 3 aliphatic rings. The van der Waals surface area contributed by atoms with Crippen LogP contribution in [-0.4, -0.2) is 59.6 Å². The number of nitrogens with zero attached hydrogens (tertiary/aromatic N) is 2. The van der Waals surface area contributed by atoms with Gasteiger partial charge in [0, 0.05) is 19.1 Å². The number of carbonyl (C=O) groups excluding carboxylic acids is 2. The quantitative estimate of drug-likeness (QED) is 0.526. The Hall–Kier alpha value is -2.34. The molecule has 31 heavy (non-hydrogen) atoms. The van der Waals surface area contributed by atoms with Crippen LogP contribution in [0, 0.1) is 0 Å². The van der Waals surface area contributed by atoms with Crippen LogP contribution in [0.1, 0.15) is 64.9 Å². The monoisotopic (exact) mass is 426 g/mol. The highest BCUT2D eigenvalue weighted by molar-refractivity contribution is 6.35. The van der Waals surface area contributed by atoms with Gasteiger partial charge in [-0.2, -0.15) is 0 Å². The zero-order valence-electron chi connectivity index (χ0n) is 18.9. The van der Waals surface area contributed by atoms with Gasteiger partial charge in [0.05, 0.1) is 24.4 Å². The molecule has 0 spiro atoms. The van der Waals surface area contributed by atoms with Crippen LogP contribution in [-0.2, 0) is 14.3 Å². The molecule has 0 bridgehead atoms. The Balaban J connectivity index is 1.73. The van der Waals surface area contributed by atoms with E-state index in [1.165, 1.54) is 12.8 Å². The van der Waals surface area contributed by atoms with E-state index in [1.807, 2.05) is 45.0 Å². The van der Waals surface area contributed by atoms with E-state index in [4.69, 9.17) is 9.47 Å². The van der Waals surface area contributed by atoms with Gasteiger partial charge < -0.3 is 14.4 Å². The van der Waals surface area contributed by atoms with Crippen LogP contribution >= 0.6 is 0 Å². The number of ether oxygens (including phenoxy) is 2. The number of hydrogen-bond acceptors (Lipinski definition) is 5. The van der Waals surface area contributed by atoms with Crippen molar-refractivity contribution in [3.05, 3.63) is 35.5 Å². The second-order valence-electron chi connectivity index (χ2n) is 8.97. The Kier molecular flexibility index (Phi) is 6.65. The van der Waals surface area contributed by atoms with Gasteiger partial charge in [0.15, 0.2) is 0 Å². The summed E-state index contributed by atoms with van der Waals surface area (Å²) in [6.07, 6.45) is 6.31. The van der Waals surface area contributed by atoms with E-state index in [0.29, 0.717) is 31.0 Å². The van der Waals surface area contributed by atoms with Crippen LogP contribution in [0.5, 0.6) is 5.75 Å². The molecule has 0 radical (unpaired) electrons.